The van der Waals surface area contributed by atoms with Crippen molar-refractivity contribution >= 4 is 17.5 Å². The van der Waals surface area contributed by atoms with Gasteiger partial charge >= 0.3 is 0 Å². The molecule has 0 spiro atoms. The molecule has 2 fully saturated rings. The summed E-state index contributed by atoms with van der Waals surface area (Å²) in [6, 6.07) is 7.75. The number of piperidine rings is 1. The number of amides is 1. The van der Waals surface area contributed by atoms with E-state index in [9.17, 15) is 9.90 Å². The molecule has 2 N–H and O–H groups in total. The minimum atomic E-state index is -0.298. The molecule has 5 nitrogen and oxygen atoms in total. The first-order chi connectivity index (χ1) is 12.1. The van der Waals surface area contributed by atoms with E-state index >= 15 is 0 Å². The summed E-state index contributed by atoms with van der Waals surface area (Å²) in [5.41, 5.74) is 1.00. The van der Waals surface area contributed by atoms with E-state index in [0.29, 0.717) is 31.1 Å². The molecule has 1 aromatic rings. The van der Waals surface area contributed by atoms with Crippen LogP contribution in [0.1, 0.15) is 31.2 Å². The van der Waals surface area contributed by atoms with Crippen molar-refractivity contribution in [3.05, 3.63) is 34.9 Å². The largest absolute Gasteiger partial charge is 0.390 e. The summed E-state index contributed by atoms with van der Waals surface area (Å²) in [5.74, 6) is 0.0379. The lowest BCUT2D eigenvalue weighted by Crippen LogP contribution is -2.45. The Morgan fingerprint density at radius 1 is 1.24 bits per heavy atom. The zero-order chi connectivity index (χ0) is 17.6. The number of carbonyl (C=O) groups excluding carboxylic acids is 1. The van der Waals surface area contributed by atoms with Crippen molar-refractivity contribution < 1.29 is 9.90 Å². The van der Waals surface area contributed by atoms with E-state index in [2.05, 4.69) is 15.1 Å². The van der Waals surface area contributed by atoms with Gasteiger partial charge in [0.25, 0.3) is 0 Å². The van der Waals surface area contributed by atoms with Gasteiger partial charge in [0, 0.05) is 43.7 Å². The van der Waals surface area contributed by atoms with Gasteiger partial charge in [-0.05, 0) is 43.6 Å². The van der Waals surface area contributed by atoms with E-state index in [1.54, 1.807) is 0 Å². The molecule has 0 unspecified atom stereocenters. The van der Waals surface area contributed by atoms with Gasteiger partial charge in [0.05, 0.1) is 6.10 Å². The summed E-state index contributed by atoms with van der Waals surface area (Å²) in [5, 5.41) is 14.0. The van der Waals surface area contributed by atoms with Crippen LogP contribution in [0.5, 0.6) is 0 Å². The van der Waals surface area contributed by atoms with E-state index < -0.39 is 0 Å². The van der Waals surface area contributed by atoms with Gasteiger partial charge in [-0.3, -0.25) is 14.6 Å². The molecule has 2 aliphatic rings. The number of nitrogens with one attached hydrogen (secondary N) is 1. The second-order valence-corrected chi connectivity index (χ2v) is 7.58. The lowest BCUT2D eigenvalue weighted by atomic mass is 10.1. The fraction of sp³-hybridized carbons (Fsp3) is 0.632. The summed E-state index contributed by atoms with van der Waals surface area (Å²) >= 11 is 5.95. The number of likely N-dealkylation sites (tertiary alicyclic amines) is 2. The number of β-amino-alcohol motifs (C(OH)–C–C–N with tert-alkyl or cyclic N) is 1. The fourth-order valence-corrected chi connectivity index (χ4v) is 4.05. The maximum absolute atomic E-state index is 12.1. The van der Waals surface area contributed by atoms with Crippen LogP contribution >= 0.6 is 11.6 Å². The van der Waals surface area contributed by atoms with Crippen LogP contribution in [0, 0.1) is 0 Å². The van der Waals surface area contributed by atoms with Gasteiger partial charge in [-0.25, -0.2) is 0 Å². The van der Waals surface area contributed by atoms with Crippen LogP contribution in [-0.4, -0.2) is 65.7 Å². The van der Waals surface area contributed by atoms with Crippen LogP contribution in [0.15, 0.2) is 24.3 Å². The second kappa shape index (κ2) is 8.99. The van der Waals surface area contributed by atoms with Crippen molar-refractivity contribution in [3.8, 4) is 0 Å². The van der Waals surface area contributed by atoms with Crippen molar-refractivity contribution in [1.82, 2.24) is 15.1 Å². The van der Waals surface area contributed by atoms with Gasteiger partial charge in [0.2, 0.25) is 5.91 Å². The highest BCUT2D eigenvalue weighted by atomic mass is 35.5. The minimum Gasteiger partial charge on any atom is -0.390 e. The Balaban J connectivity index is 1.39. The first kappa shape index (κ1) is 18.6. The van der Waals surface area contributed by atoms with Crippen LogP contribution in [0.3, 0.4) is 0 Å². The monoisotopic (exact) mass is 365 g/mol. The molecule has 1 amide bonds. The molecule has 3 rings (SSSR count). The van der Waals surface area contributed by atoms with Crippen molar-refractivity contribution in [1.29, 1.82) is 0 Å². The summed E-state index contributed by atoms with van der Waals surface area (Å²) < 4.78 is 0. The van der Waals surface area contributed by atoms with Crippen molar-refractivity contribution in [2.45, 2.75) is 44.4 Å². The second-order valence-electron chi connectivity index (χ2n) is 7.15. The molecule has 0 bridgehead atoms. The Morgan fingerprint density at radius 3 is 2.80 bits per heavy atom. The first-order valence-corrected chi connectivity index (χ1v) is 9.65. The van der Waals surface area contributed by atoms with Crippen molar-refractivity contribution in [2.75, 3.05) is 32.7 Å². The number of hydrogen-bond acceptors (Lipinski definition) is 4. The maximum atomic E-state index is 12.1. The van der Waals surface area contributed by atoms with Crippen LogP contribution in [-0.2, 0) is 11.3 Å². The van der Waals surface area contributed by atoms with Gasteiger partial charge in [-0.1, -0.05) is 30.2 Å². The van der Waals surface area contributed by atoms with Gasteiger partial charge in [0.15, 0.2) is 0 Å². The standard InChI is InChI=1S/C19H28ClN3O2/c20-16-6-4-5-15(11-16)12-21-19(25)7-10-22-13-17(18(24)14-22)23-8-2-1-3-9-23/h4-6,11,17-18,24H,1-3,7-10,12-14H2,(H,21,25)/t17-,18-/m1/s1. The molecule has 0 aliphatic carbocycles. The molecule has 0 aromatic heterocycles. The number of carbonyl (C=O) groups is 1. The van der Waals surface area contributed by atoms with Crippen LogP contribution in [0.4, 0.5) is 0 Å². The van der Waals surface area contributed by atoms with E-state index in [0.717, 1.165) is 25.2 Å². The summed E-state index contributed by atoms with van der Waals surface area (Å²) in [6.07, 6.45) is 3.92. The highest BCUT2D eigenvalue weighted by Gasteiger charge is 2.35. The third kappa shape index (κ3) is 5.42. The molecule has 2 saturated heterocycles. The van der Waals surface area contributed by atoms with E-state index in [4.69, 9.17) is 11.6 Å². The molecule has 2 aliphatic heterocycles. The predicted molar refractivity (Wildman–Crippen MR) is 99.6 cm³/mol. The predicted octanol–water partition coefficient (Wildman–Crippen LogP) is 1.88. The highest BCUT2D eigenvalue weighted by molar-refractivity contribution is 6.30. The minimum absolute atomic E-state index is 0.0379. The van der Waals surface area contributed by atoms with Crippen LogP contribution in [0.25, 0.3) is 0 Å². The first-order valence-electron chi connectivity index (χ1n) is 9.27. The Morgan fingerprint density at radius 2 is 2.04 bits per heavy atom. The van der Waals surface area contributed by atoms with Crippen molar-refractivity contribution in [3.63, 3.8) is 0 Å². The molecule has 0 radical (unpaired) electrons. The smallest absolute Gasteiger partial charge is 0.221 e. The third-order valence-corrected chi connectivity index (χ3v) is 5.46. The Kier molecular flexibility index (Phi) is 6.70. The lowest BCUT2D eigenvalue weighted by molar-refractivity contribution is -0.121. The average molecular weight is 366 g/mol. The van der Waals surface area contributed by atoms with Gasteiger partial charge in [0.1, 0.15) is 0 Å². The summed E-state index contributed by atoms with van der Waals surface area (Å²) in [7, 11) is 0. The molecule has 138 valence electrons. The van der Waals surface area contributed by atoms with E-state index in [-0.39, 0.29) is 18.1 Å². The van der Waals surface area contributed by atoms with Gasteiger partial charge in [-0.2, -0.15) is 0 Å². The maximum Gasteiger partial charge on any atom is 0.221 e. The third-order valence-electron chi connectivity index (χ3n) is 5.23. The van der Waals surface area contributed by atoms with Crippen LogP contribution in [0.2, 0.25) is 5.02 Å². The Bertz CT molecular complexity index is 578. The zero-order valence-corrected chi connectivity index (χ0v) is 15.4. The molecular formula is C19H28ClN3O2. The van der Waals surface area contributed by atoms with Gasteiger partial charge < -0.3 is 10.4 Å². The fourth-order valence-electron chi connectivity index (χ4n) is 3.83. The molecule has 1 aromatic carbocycles. The number of nitrogens with zero attached hydrogens (tertiary/aromatic N) is 2. The number of halogens is 1. The number of aliphatic hydroxyl groups is 1. The SMILES string of the molecule is O=C(CCN1C[C@@H](O)[C@H](N2CCCCC2)C1)NCc1cccc(Cl)c1. The molecule has 2 heterocycles. The van der Waals surface area contributed by atoms with Gasteiger partial charge in [-0.15, -0.1) is 0 Å². The van der Waals surface area contributed by atoms with E-state index in [1.165, 1.54) is 19.3 Å². The normalized spacial score (nSPS) is 25.2. The summed E-state index contributed by atoms with van der Waals surface area (Å²) in [4.78, 5) is 16.7. The Hall–Kier alpha value is -1.14. The molecule has 25 heavy (non-hydrogen) atoms. The number of hydrogen-bond donors (Lipinski definition) is 2. The molecule has 6 heteroatoms. The summed E-state index contributed by atoms with van der Waals surface area (Å²) in [6.45, 7) is 4.91. The topological polar surface area (TPSA) is 55.8 Å². The zero-order valence-electron chi connectivity index (χ0n) is 14.7. The lowest BCUT2D eigenvalue weighted by Gasteiger charge is -2.33. The van der Waals surface area contributed by atoms with Crippen molar-refractivity contribution in [2.24, 2.45) is 0 Å². The number of aliphatic hydroxyl groups excluding tert-OH is 1. The van der Waals surface area contributed by atoms with Crippen LogP contribution < -0.4 is 5.32 Å². The molecule has 2 atom stereocenters. The van der Waals surface area contributed by atoms with E-state index in [1.807, 2.05) is 24.3 Å². The molecule has 0 saturated carbocycles. The average Bonchev–Trinajstić information content (AvgIpc) is 3.00. The molecular weight excluding hydrogens is 338 g/mol. The Labute approximate surface area is 154 Å². The number of rotatable bonds is 6. The highest BCUT2D eigenvalue weighted by Crippen LogP contribution is 2.20. The quantitative estimate of drug-likeness (QED) is 0.808. The number of benzene rings is 1.